The Balaban J connectivity index is 1.49. The lowest BCUT2D eigenvalue weighted by molar-refractivity contribution is -0.120. The summed E-state index contributed by atoms with van der Waals surface area (Å²) >= 11 is 1.36. The van der Waals surface area contributed by atoms with Crippen molar-refractivity contribution in [1.82, 2.24) is 20.5 Å². The van der Waals surface area contributed by atoms with Crippen LogP contribution in [-0.4, -0.2) is 32.4 Å². The fourth-order valence-electron chi connectivity index (χ4n) is 2.81. The molecule has 2 atom stereocenters. The van der Waals surface area contributed by atoms with Crippen LogP contribution < -0.4 is 5.32 Å². The highest BCUT2D eigenvalue weighted by atomic mass is 32.2. The smallest absolute Gasteiger partial charge is 0.233 e. The van der Waals surface area contributed by atoms with Crippen LogP contribution in [0.1, 0.15) is 31.4 Å². The Morgan fingerprint density at radius 1 is 1.11 bits per heavy atom. The van der Waals surface area contributed by atoms with Gasteiger partial charge in [0.15, 0.2) is 5.82 Å². The van der Waals surface area contributed by atoms with E-state index in [1.807, 2.05) is 63.2 Å². The van der Waals surface area contributed by atoms with Crippen molar-refractivity contribution in [2.24, 2.45) is 0 Å². The monoisotopic (exact) mass is 394 g/mol. The number of aromatic amines is 1. The van der Waals surface area contributed by atoms with Crippen LogP contribution >= 0.6 is 11.8 Å². The van der Waals surface area contributed by atoms with Crippen molar-refractivity contribution >= 4 is 17.7 Å². The quantitative estimate of drug-likeness (QED) is 0.556. The van der Waals surface area contributed by atoms with Gasteiger partial charge in [0.25, 0.3) is 0 Å². The zero-order valence-electron chi connectivity index (χ0n) is 16.5. The molecule has 0 spiro atoms. The fraction of sp³-hybridized carbons (Fsp3) is 0.318. The summed E-state index contributed by atoms with van der Waals surface area (Å²) in [5.41, 5.74) is 3.47. The number of H-pyrrole nitrogens is 1. The third-order valence-electron chi connectivity index (χ3n) is 4.54. The van der Waals surface area contributed by atoms with Crippen LogP contribution in [0.5, 0.6) is 0 Å². The second-order valence-electron chi connectivity index (χ2n) is 7.03. The third-order valence-corrected chi connectivity index (χ3v) is 5.50. The molecule has 0 fully saturated rings. The summed E-state index contributed by atoms with van der Waals surface area (Å²) < 4.78 is 0. The first-order chi connectivity index (χ1) is 13.5. The van der Waals surface area contributed by atoms with E-state index in [-0.39, 0.29) is 17.2 Å². The predicted molar refractivity (Wildman–Crippen MR) is 114 cm³/mol. The maximum atomic E-state index is 12.5. The molecule has 0 saturated carbocycles. The van der Waals surface area contributed by atoms with Crippen molar-refractivity contribution in [2.75, 3.05) is 0 Å². The standard InChI is InChI=1S/C22H26N4OS/c1-15-9-13-19(14-10-15)20-24-22(26-25-20)28-17(3)21(27)23-16(2)11-12-18-7-5-4-6-8-18/h4-10,13-14,16-17H,11-12H2,1-3H3,(H,23,27)(H,24,25,26)/t16-,17-/m0/s1. The SMILES string of the molecule is Cc1ccc(-c2nc(S[C@@H](C)C(=O)N[C@@H](C)CCc3ccccc3)n[nH]2)cc1. The zero-order valence-corrected chi connectivity index (χ0v) is 17.3. The van der Waals surface area contributed by atoms with Gasteiger partial charge in [-0.15, -0.1) is 5.10 Å². The first-order valence-electron chi connectivity index (χ1n) is 9.51. The molecule has 0 saturated heterocycles. The summed E-state index contributed by atoms with van der Waals surface area (Å²) in [6.07, 6.45) is 1.86. The molecule has 0 radical (unpaired) electrons. The van der Waals surface area contributed by atoms with Crippen molar-refractivity contribution in [1.29, 1.82) is 0 Å². The van der Waals surface area contributed by atoms with Crippen LogP contribution in [0.25, 0.3) is 11.4 Å². The van der Waals surface area contributed by atoms with Gasteiger partial charge >= 0.3 is 0 Å². The number of hydrogen-bond acceptors (Lipinski definition) is 4. The van der Waals surface area contributed by atoms with Crippen LogP contribution in [0.4, 0.5) is 0 Å². The van der Waals surface area contributed by atoms with Gasteiger partial charge < -0.3 is 5.32 Å². The Kier molecular flexibility index (Phi) is 6.87. The van der Waals surface area contributed by atoms with Gasteiger partial charge in [-0.2, -0.15) is 0 Å². The molecule has 28 heavy (non-hydrogen) atoms. The molecule has 1 heterocycles. The Morgan fingerprint density at radius 2 is 1.82 bits per heavy atom. The fourth-order valence-corrected chi connectivity index (χ4v) is 3.55. The highest BCUT2D eigenvalue weighted by molar-refractivity contribution is 8.00. The average molecular weight is 395 g/mol. The summed E-state index contributed by atoms with van der Waals surface area (Å²) in [7, 11) is 0. The molecule has 0 unspecified atom stereocenters. The number of benzene rings is 2. The first-order valence-corrected chi connectivity index (χ1v) is 10.4. The molecule has 3 rings (SSSR count). The minimum absolute atomic E-state index is 0.00671. The highest BCUT2D eigenvalue weighted by Crippen LogP contribution is 2.23. The molecule has 0 aliphatic carbocycles. The normalized spacial score (nSPS) is 13.1. The van der Waals surface area contributed by atoms with Gasteiger partial charge in [0.1, 0.15) is 0 Å². The number of carbonyl (C=O) groups is 1. The van der Waals surface area contributed by atoms with Gasteiger partial charge in [-0.3, -0.25) is 9.89 Å². The van der Waals surface area contributed by atoms with E-state index in [1.54, 1.807) is 0 Å². The van der Waals surface area contributed by atoms with E-state index in [2.05, 4.69) is 32.6 Å². The van der Waals surface area contributed by atoms with E-state index in [1.165, 1.54) is 22.9 Å². The number of thioether (sulfide) groups is 1. The lowest BCUT2D eigenvalue weighted by Gasteiger charge is -2.16. The van der Waals surface area contributed by atoms with Crippen LogP contribution in [0, 0.1) is 6.92 Å². The van der Waals surface area contributed by atoms with Crippen molar-refractivity contribution < 1.29 is 4.79 Å². The number of aromatic nitrogens is 3. The van der Waals surface area contributed by atoms with Gasteiger partial charge in [0.05, 0.1) is 5.25 Å². The number of amides is 1. The van der Waals surface area contributed by atoms with E-state index in [4.69, 9.17) is 0 Å². The van der Waals surface area contributed by atoms with Crippen LogP contribution in [0.15, 0.2) is 59.8 Å². The molecule has 0 bridgehead atoms. The number of hydrogen-bond donors (Lipinski definition) is 2. The Morgan fingerprint density at radius 3 is 2.54 bits per heavy atom. The van der Waals surface area contributed by atoms with Gasteiger partial charge in [0.2, 0.25) is 11.1 Å². The molecule has 6 heteroatoms. The van der Waals surface area contributed by atoms with Crippen molar-refractivity contribution in [2.45, 2.75) is 50.1 Å². The minimum Gasteiger partial charge on any atom is -0.353 e. The van der Waals surface area contributed by atoms with Crippen LogP contribution in [-0.2, 0) is 11.2 Å². The summed E-state index contributed by atoms with van der Waals surface area (Å²) in [4.78, 5) is 17.0. The van der Waals surface area contributed by atoms with Gasteiger partial charge in [-0.1, -0.05) is 71.9 Å². The lowest BCUT2D eigenvalue weighted by atomic mass is 10.1. The summed E-state index contributed by atoms with van der Waals surface area (Å²) in [6, 6.07) is 18.5. The van der Waals surface area contributed by atoms with E-state index < -0.39 is 0 Å². The lowest BCUT2D eigenvalue weighted by Crippen LogP contribution is -2.37. The van der Waals surface area contributed by atoms with Gasteiger partial charge in [-0.05, 0) is 39.2 Å². The van der Waals surface area contributed by atoms with E-state index in [0.29, 0.717) is 11.0 Å². The molecular weight excluding hydrogens is 368 g/mol. The summed E-state index contributed by atoms with van der Waals surface area (Å²) in [6.45, 7) is 5.97. The number of carbonyl (C=O) groups excluding carboxylic acids is 1. The van der Waals surface area contributed by atoms with Crippen LogP contribution in [0.2, 0.25) is 0 Å². The molecule has 0 aliphatic heterocycles. The molecular formula is C22H26N4OS. The van der Waals surface area contributed by atoms with E-state index in [0.717, 1.165) is 18.4 Å². The first kappa shape index (κ1) is 20.1. The van der Waals surface area contributed by atoms with Crippen molar-refractivity contribution in [3.8, 4) is 11.4 Å². The molecule has 0 aliphatic rings. The molecule has 5 nitrogen and oxygen atoms in total. The second kappa shape index (κ2) is 9.55. The maximum Gasteiger partial charge on any atom is 0.233 e. The molecule has 1 aromatic heterocycles. The molecule has 2 aromatic carbocycles. The largest absolute Gasteiger partial charge is 0.353 e. The second-order valence-corrected chi connectivity index (χ2v) is 8.33. The topological polar surface area (TPSA) is 70.7 Å². The third kappa shape index (κ3) is 5.70. The molecule has 3 aromatic rings. The van der Waals surface area contributed by atoms with Crippen LogP contribution in [0.3, 0.4) is 0 Å². The van der Waals surface area contributed by atoms with E-state index >= 15 is 0 Å². The average Bonchev–Trinajstić information content (AvgIpc) is 3.16. The number of nitrogens with one attached hydrogen (secondary N) is 2. The minimum atomic E-state index is -0.263. The molecule has 2 N–H and O–H groups in total. The predicted octanol–water partition coefficient (Wildman–Crippen LogP) is 4.40. The van der Waals surface area contributed by atoms with Crippen molar-refractivity contribution in [3.63, 3.8) is 0 Å². The number of rotatable bonds is 8. The Labute approximate surface area is 170 Å². The van der Waals surface area contributed by atoms with E-state index in [9.17, 15) is 4.79 Å². The number of nitrogens with zero attached hydrogens (tertiary/aromatic N) is 2. The summed E-state index contributed by atoms with van der Waals surface area (Å²) in [5.74, 6) is 0.721. The summed E-state index contributed by atoms with van der Waals surface area (Å²) in [5, 5.41) is 10.6. The van der Waals surface area contributed by atoms with Crippen molar-refractivity contribution in [3.05, 3.63) is 65.7 Å². The zero-order chi connectivity index (χ0) is 19.9. The Bertz CT molecular complexity index is 892. The van der Waals surface area contributed by atoms with Gasteiger partial charge in [-0.25, -0.2) is 4.98 Å². The molecule has 1 amide bonds. The van der Waals surface area contributed by atoms with Gasteiger partial charge in [0, 0.05) is 11.6 Å². The highest BCUT2D eigenvalue weighted by Gasteiger charge is 2.19. The Hall–Kier alpha value is -2.60. The number of aryl methyl sites for hydroxylation is 2. The maximum absolute atomic E-state index is 12.5. The molecule has 146 valence electrons.